The van der Waals surface area contributed by atoms with E-state index in [1.807, 2.05) is 86.6 Å². The summed E-state index contributed by atoms with van der Waals surface area (Å²) < 4.78 is 23.7. The van der Waals surface area contributed by atoms with Crippen LogP contribution in [0.5, 0.6) is 23.0 Å². The lowest BCUT2D eigenvalue weighted by Gasteiger charge is -2.23. The van der Waals surface area contributed by atoms with Crippen LogP contribution in [-0.4, -0.2) is 36.6 Å². The largest absolute Gasteiger partial charge is 0.493 e. The van der Waals surface area contributed by atoms with Crippen LogP contribution in [0.4, 0.5) is 0 Å². The van der Waals surface area contributed by atoms with E-state index < -0.39 is 24.4 Å². The Labute approximate surface area is 254 Å². The van der Waals surface area contributed by atoms with Crippen LogP contribution < -0.4 is 18.9 Å². The summed E-state index contributed by atoms with van der Waals surface area (Å²) in [5.74, 6) is 3.36. The van der Waals surface area contributed by atoms with Crippen molar-refractivity contribution in [1.82, 2.24) is 0 Å². The molecule has 0 unspecified atom stereocenters. The maximum absolute atomic E-state index is 10.8. The van der Waals surface area contributed by atoms with E-state index in [2.05, 4.69) is 24.3 Å². The molecule has 1 aliphatic rings. The lowest BCUT2D eigenvalue weighted by atomic mass is 9.92. The highest BCUT2D eigenvalue weighted by atomic mass is 16.5. The van der Waals surface area contributed by atoms with Crippen molar-refractivity contribution in [2.45, 2.75) is 69.4 Å². The van der Waals surface area contributed by atoms with Crippen LogP contribution in [0.15, 0.2) is 97.1 Å². The molecule has 4 aromatic rings. The van der Waals surface area contributed by atoms with Gasteiger partial charge in [-0.3, -0.25) is 0 Å². The van der Waals surface area contributed by atoms with Crippen molar-refractivity contribution in [3.05, 3.63) is 119 Å². The number of ether oxygens (including phenoxy) is 4. The highest BCUT2D eigenvalue weighted by Crippen LogP contribution is 2.47. The minimum Gasteiger partial charge on any atom is -0.493 e. The van der Waals surface area contributed by atoms with E-state index in [0.29, 0.717) is 34.8 Å². The molecule has 1 fully saturated rings. The molecule has 0 spiro atoms. The molecule has 0 aliphatic heterocycles. The molecule has 6 atom stereocenters. The van der Waals surface area contributed by atoms with Crippen LogP contribution in [0.2, 0.25) is 0 Å². The maximum atomic E-state index is 10.8. The monoisotopic (exact) mass is 582 g/mol. The topological polar surface area (TPSA) is 77.4 Å². The van der Waals surface area contributed by atoms with Gasteiger partial charge in [-0.1, -0.05) is 72.8 Å². The smallest absolute Gasteiger partial charge is 0.161 e. The van der Waals surface area contributed by atoms with Crippen molar-refractivity contribution < 1.29 is 29.2 Å². The van der Waals surface area contributed by atoms with Gasteiger partial charge in [-0.2, -0.15) is 0 Å². The SMILES string of the molecule is COc1cc([C@@H]2CC[C@H](c3ccc(O[C@H](C)[C@H](O)c4ccccc4)c(OC)c3)C2)ccc1O[C@H](C)[C@H](O)c1ccccc1. The molecule has 226 valence electrons. The number of methoxy groups -OCH3 is 2. The first-order valence-electron chi connectivity index (χ1n) is 15.0. The molecule has 4 aromatic carbocycles. The molecule has 2 N–H and O–H groups in total. The molecule has 0 saturated heterocycles. The van der Waals surface area contributed by atoms with Gasteiger partial charge >= 0.3 is 0 Å². The number of hydrogen-bond acceptors (Lipinski definition) is 6. The Balaban J connectivity index is 1.23. The minimum absolute atomic E-state index is 0.392. The molecular weight excluding hydrogens is 540 g/mol. The van der Waals surface area contributed by atoms with Crippen molar-refractivity contribution in [2.24, 2.45) is 0 Å². The zero-order valence-corrected chi connectivity index (χ0v) is 25.4. The Kier molecular flexibility index (Phi) is 9.90. The van der Waals surface area contributed by atoms with Gasteiger partial charge < -0.3 is 29.2 Å². The molecule has 1 aliphatic carbocycles. The first-order chi connectivity index (χ1) is 20.9. The van der Waals surface area contributed by atoms with Crippen LogP contribution in [0.1, 0.15) is 79.4 Å². The van der Waals surface area contributed by atoms with Crippen molar-refractivity contribution in [2.75, 3.05) is 14.2 Å². The maximum Gasteiger partial charge on any atom is 0.161 e. The summed E-state index contributed by atoms with van der Waals surface area (Å²) >= 11 is 0. The van der Waals surface area contributed by atoms with Crippen LogP contribution in [0.25, 0.3) is 0 Å². The molecule has 1 saturated carbocycles. The number of aliphatic hydroxyl groups excluding tert-OH is 2. The number of rotatable bonds is 12. The second kappa shape index (κ2) is 14.0. The van der Waals surface area contributed by atoms with Crippen molar-refractivity contribution >= 4 is 0 Å². The third kappa shape index (κ3) is 7.15. The van der Waals surface area contributed by atoms with Gasteiger partial charge in [0.25, 0.3) is 0 Å². The lowest BCUT2D eigenvalue weighted by Crippen LogP contribution is -2.22. The summed E-state index contributed by atoms with van der Waals surface area (Å²) in [7, 11) is 3.30. The van der Waals surface area contributed by atoms with E-state index in [9.17, 15) is 10.2 Å². The molecule has 0 radical (unpaired) electrons. The Hall–Kier alpha value is -4.00. The van der Waals surface area contributed by atoms with Crippen LogP contribution in [-0.2, 0) is 0 Å². The Morgan fingerprint density at radius 1 is 0.558 bits per heavy atom. The molecule has 0 bridgehead atoms. The number of hydrogen-bond donors (Lipinski definition) is 2. The molecule has 0 aromatic heterocycles. The summed E-state index contributed by atoms with van der Waals surface area (Å²) in [5, 5.41) is 21.5. The van der Waals surface area contributed by atoms with E-state index in [1.165, 1.54) is 11.1 Å². The standard InChI is InChI=1S/C37H42O6/c1-24(36(38)26-11-7-5-8-12-26)42-32-19-17-30(22-34(32)40-3)28-15-16-29(21-28)31-18-20-33(35(23-31)41-4)43-25(2)37(39)27-13-9-6-10-14-27/h5-14,17-20,22-25,28-29,36-39H,15-16,21H2,1-4H3/t24-,25-,28-,29+,36+,37+/m1/s1. The van der Waals surface area contributed by atoms with Crippen LogP contribution >= 0.6 is 0 Å². The Morgan fingerprint density at radius 3 is 1.33 bits per heavy atom. The van der Waals surface area contributed by atoms with Crippen molar-refractivity contribution in [1.29, 1.82) is 0 Å². The first kappa shape index (κ1) is 30.5. The van der Waals surface area contributed by atoms with Gasteiger partial charge in [0.2, 0.25) is 0 Å². The molecular formula is C37H42O6. The summed E-state index contributed by atoms with van der Waals surface area (Å²) in [5.41, 5.74) is 4.08. The fourth-order valence-corrected chi connectivity index (χ4v) is 6.03. The molecule has 0 heterocycles. The minimum atomic E-state index is -0.743. The van der Waals surface area contributed by atoms with E-state index in [-0.39, 0.29) is 0 Å². The van der Waals surface area contributed by atoms with E-state index >= 15 is 0 Å². The number of aliphatic hydroxyl groups is 2. The van der Waals surface area contributed by atoms with Gasteiger partial charge in [0.05, 0.1) is 14.2 Å². The van der Waals surface area contributed by atoms with E-state index in [4.69, 9.17) is 18.9 Å². The summed E-state index contributed by atoms with van der Waals surface area (Å²) in [6.07, 6.45) is 0.780. The second-order valence-electron chi connectivity index (χ2n) is 11.4. The predicted molar refractivity (Wildman–Crippen MR) is 168 cm³/mol. The van der Waals surface area contributed by atoms with Gasteiger partial charge in [0.1, 0.15) is 24.4 Å². The highest BCUT2D eigenvalue weighted by molar-refractivity contribution is 5.46. The first-order valence-corrected chi connectivity index (χ1v) is 15.0. The van der Waals surface area contributed by atoms with Gasteiger partial charge in [-0.05, 0) is 91.5 Å². The molecule has 43 heavy (non-hydrogen) atoms. The quantitative estimate of drug-likeness (QED) is 0.178. The zero-order valence-electron chi connectivity index (χ0n) is 25.4. The van der Waals surface area contributed by atoms with E-state index in [1.54, 1.807) is 14.2 Å². The molecule has 5 rings (SSSR count). The predicted octanol–water partition coefficient (Wildman–Crippen LogP) is 7.76. The normalized spacial score (nSPS) is 19.2. The third-order valence-electron chi connectivity index (χ3n) is 8.55. The molecule has 0 amide bonds. The van der Waals surface area contributed by atoms with Crippen molar-refractivity contribution in [3.63, 3.8) is 0 Å². The van der Waals surface area contributed by atoms with Gasteiger partial charge in [0, 0.05) is 0 Å². The Bertz CT molecular complexity index is 1350. The van der Waals surface area contributed by atoms with Gasteiger partial charge in [0.15, 0.2) is 23.0 Å². The molecule has 6 nitrogen and oxygen atoms in total. The zero-order chi connectivity index (χ0) is 30.3. The van der Waals surface area contributed by atoms with Crippen LogP contribution in [0.3, 0.4) is 0 Å². The van der Waals surface area contributed by atoms with Crippen LogP contribution in [0, 0.1) is 0 Å². The van der Waals surface area contributed by atoms with Gasteiger partial charge in [-0.25, -0.2) is 0 Å². The average molecular weight is 583 g/mol. The summed E-state index contributed by atoms with van der Waals surface area (Å²) in [6, 6.07) is 31.4. The fourth-order valence-electron chi connectivity index (χ4n) is 6.03. The molecule has 6 heteroatoms. The highest BCUT2D eigenvalue weighted by Gasteiger charge is 2.29. The van der Waals surface area contributed by atoms with Gasteiger partial charge in [-0.15, -0.1) is 0 Å². The second-order valence-corrected chi connectivity index (χ2v) is 11.4. The van der Waals surface area contributed by atoms with E-state index in [0.717, 1.165) is 30.4 Å². The fraction of sp³-hybridized carbons (Fsp3) is 0.351. The third-order valence-corrected chi connectivity index (χ3v) is 8.55. The number of benzene rings is 4. The summed E-state index contributed by atoms with van der Waals surface area (Å²) in [4.78, 5) is 0. The van der Waals surface area contributed by atoms with Crippen molar-refractivity contribution in [3.8, 4) is 23.0 Å². The average Bonchev–Trinajstić information content (AvgIpc) is 3.55. The Morgan fingerprint density at radius 2 is 0.953 bits per heavy atom. The summed E-state index contributed by atoms with van der Waals surface area (Å²) in [6.45, 7) is 3.73. The lowest BCUT2D eigenvalue weighted by molar-refractivity contribution is 0.0451.